The first-order valence-electron chi connectivity index (χ1n) is 6.81. The third-order valence-electron chi connectivity index (χ3n) is 2.92. The van der Waals surface area contributed by atoms with Crippen molar-refractivity contribution in [1.82, 2.24) is 0 Å². The first-order valence-corrected chi connectivity index (χ1v) is 7.18. The molecule has 0 aliphatic rings. The number of benzene rings is 2. The monoisotopic (exact) mass is 318 g/mol. The van der Waals surface area contributed by atoms with Gasteiger partial charge >= 0.3 is 6.16 Å². The molecule has 4 nitrogen and oxygen atoms in total. The van der Waals surface area contributed by atoms with Crippen molar-refractivity contribution in [1.29, 1.82) is 0 Å². The van der Waals surface area contributed by atoms with Crippen LogP contribution in [-0.4, -0.2) is 18.5 Å². The largest absolute Gasteiger partial charge is 0.513 e. The number of carbonyl (C=O) groups is 2. The average Bonchev–Trinajstić information content (AvgIpc) is 2.50. The predicted octanol–water partition coefficient (Wildman–Crippen LogP) is 4.30. The quantitative estimate of drug-likeness (QED) is 0.468. The van der Waals surface area contributed by atoms with Gasteiger partial charge in [0.15, 0.2) is 5.78 Å². The molecule has 114 valence electrons. The molecule has 0 fully saturated rings. The van der Waals surface area contributed by atoms with Crippen molar-refractivity contribution in [3.05, 3.63) is 64.7 Å². The van der Waals surface area contributed by atoms with Crippen LogP contribution in [0, 0.1) is 0 Å². The first kappa shape index (κ1) is 16.0. The SMILES string of the molecule is CCOC(=O)Oc1ccc(C(=O)Cc2ccc(Cl)cc2)cc1. The summed E-state index contributed by atoms with van der Waals surface area (Å²) in [5.41, 5.74) is 1.44. The van der Waals surface area contributed by atoms with Crippen LogP contribution in [0.3, 0.4) is 0 Å². The van der Waals surface area contributed by atoms with Crippen molar-refractivity contribution >= 4 is 23.5 Å². The zero-order chi connectivity index (χ0) is 15.9. The molecule has 22 heavy (non-hydrogen) atoms. The molecule has 0 heterocycles. The molecule has 0 aromatic heterocycles. The second kappa shape index (κ2) is 7.61. The Balaban J connectivity index is 1.98. The second-order valence-corrected chi connectivity index (χ2v) is 4.97. The minimum atomic E-state index is -0.761. The molecule has 0 saturated carbocycles. The summed E-state index contributed by atoms with van der Waals surface area (Å²) in [7, 11) is 0. The van der Waals surface area contributed by atoms with Crippen LogP contribution in [0.4, 0.5) is 4.79 Å². The molecule has 0 bridgehead atoms. The summed E-state index contributed by atoms with van der Waals surface area (Å²) in [5.74, 6) is 0.312. The molecular weight excluding hydrogens is 304 g/mol. The topological polar surface area (TPSA) is 52.6 Å². The van der Waals surface area contributed by atoms with E-state index in [9.17, 15) is 9.59 Å². The smallest absolute Gasteiger partial charge is 0.434 e. The Bertz CT molecular complexity index is 647. The zero-order valence-corrected chi connectivity index (χ0v) is 12.8. The van der Waals surface area contributed by atoms with Crippen LogP contribution in [0.1, 0.15) is 22.8 Å². The lowest BCUT2D eigenvalue weighted by molar-refractivity contribution is 0.0993. The van der Waals surface area contributed by atoms with Gasteiger partial charge in [-0.3, -0.25) is 4.79 Å². The predicted molar refractivity (Wildman–Crippen MR) is 83.6 cm³/mol. The molecule has 0 unspecified atom stereocenters. The van der Waals surface area contributed by atoms with Gasteiger partial charge in [-0.05, 0) is 48.9 Å². The minimum absolute atomic E-state index is 0.0231. The number of rotatable bonds is 5. The maximum absolute atomic E-state index is 12.2. The number of ether oxygens (including phenoxy) is 2. The lowest BCUT2D eigenvalue weighted by atomic mass is 10.0. The van der Waals surface area contributed by atoms with Crippen molar-refractivity contribution in [2.24, 2.45) is 0 Å². The molecule has 0 N–H and O–H groups in total. The van der Waals surface area contributed by atoms with Gasteiger partial charge in [0.2, 0.25) is 0 Å². The second-order valence-electron chi connectivity index (χ2n) is 4.54. The van der Waals surface area contributed by atoms with E-state index in [0.29, 0.717) is 16.3 Å². The normalized spacial score (nSPS) is 10.1. The molecule has 0 spiro atoms. The summed E-state index contributed by atoms with van der Waals surface area (Å²) >= 11 is 5.81. The van der Waals surface area contributed by atoms with E-state index in [2.05, 4.69) is 4.74 Å². The van der Waals surface area contributed by atoms with Gasteiger partial charge in [0.1, 0.15) is 5.75 Å². The Hall–Kier alpha value is -2.33. The van der Waals surface area contributed by atoms with E-state index >= 15 is 0 Å². The van der Waals surface area contributed by atoms with Gasteiger partial charge in [-0.25, -0.2) is 4.79 Å². The van der Waals surface area contributed by atoms with Crippen molar-refractivity contribution in [2.45, 2.75) is 13.3 Å². The van der Waals surface area contributed by atoms with Crippen LogP contribution < -0.4 is 4.74 Å². The third-order valence-corrected chi connectivity index (χ3v) is 3.17. The first-order chi connectivity index (χ1) is 10.6. The Morgan fingerprint density at radius 1 is 1.00 bits per heavy atom. The summed E-state index contributed by atoms with van der Waals surface area (Å²) in [5, 5.41) is 0.636. The maximum atomic E-state index is 12.2. The summed E-state index contributed by atoms with van der Waals surface area (Å²) in [6, 6.07) is 13.5. The molecule has 0 saturated heterocycles. The highest BCUT2D eigenvalue weighted by Gasteiger charge is 2.09. The van der Waals surface area contributed by atoms with E-state index < -0.39 is 6.16 Å². The number of ketones is 1. The van der Waals surface area contributed by atoms with Gasteiger partial charge in [-0.2, -0.15) is 0 Å². The van der Waals surface area contributed by atoms with Gasteiger partial charge < -0.3 is 9.47 Å². The van der Waals surface area contributed by atoms with Gasteiger partial charge in [-0.1, -0.05) is 23.7 Å². The van der Waals surface area contributed by atoms with Crippen LogP contribution >= 0.6 is 11.6 Å². The van der Waals surface area contributed by atoms with E-state index in [0.717, 1.165) is 5.56 Å². The molecule has 0 aliphatic heterocycles. The van der Waals surface area contributed by atoms with Crippen molar-refractivity contribution < 1.29 is 19.1 Å². The highest BCUT2D eigenvalue weighted by Crippen LogP contribution is 2.16. The van der Waals surface area contributed by atoms with Crippen LogP contribution in [-0.2, 0) is 11.2 Å². The van der Waals surface area contributed by atoms with E-state index in [1.54, 1.807) is 43.3 Å². The molecule has 2 aromatic carbocycles. The summed E-state index contributed by atoms with van der Waals surface area (Å²) < 4.78 is 9.61. The highest BCUT2D eigenvalue weighted by molar-refractivity contribution is 6.30. The standard InChI is InChI=1S/C17H15ClO4/c1-2-21-17(20)22-15-9-5-13(6-10-15)16(19)11-12-3-7-14(18)8-4-12/h3-10H,2,11H2,1H3. The lowest BCUT2D eigenvalue weighted by Gasteiger charge is -2.05. The molecule has 0 aliphatic carbocycles. The van der Waals surface area contributed by atoms with Gasteiger partial charge in [0, 0.05) is 17.0 Å². The lowest BCUT2D eigenvalue weighted by Crippen LogP contribution is -2.10. The Labute approximate surface area is 133 Å². The fourth-order valence-electron chi connectivity index (χ4n) is 1.84. The van der Waals surface area contributed by atoms with Gasteiger partial charge in [0.05, 0.1) is 6.61 Å². The van der Waals surface area contributed by atoms with Crippen LogP contribution in [0.25, 0.3) is 0 Å². The van der Waals surface area contributed by atoms with Gasteiger partial charge in [-0.15, -0.1) is 0 Å². The molecular formula is C17H15ClO4. The van der Waals surface area contributed by atoms with E-state index in [4.69, 9.17) is 16.3 Å². The van der Waals surface area contributed by atoms with Crippen molar-refractivity contribution in [3.8, 4) is 5.75 Å². The maximum Gasteiger partial charge on any atom is 0.513 e. The number of hydrogen-bond donors (Lipinski definition) is 0. The Kier molecular flexibility index (Phi) is 5.55. The van der Waals surface area contributed by atoms with E-state index in [-0.39, 0.29) is 18.8 Å². The molecule has 0 radical (unpaired) electrons. The van der Waals surface area contributed by atoms with Crippen molar-refractivity contribution in [2.75, 3.05) is 6.61 Å². The molecule has 2 aromatic rings. The molecule has 5 heteroatoms. The number of Topliss-reactive ketones (excluding diaryl/α,β-unsaturated/α-hetero) is 1. The minimum Gasteiger partial charge on any atom is -0.434 e. The zero-order valence-electron chi connectivity index (χ0n) is 12.0. The summed E-state index contributed by atoms with van der Waals surface area (Å²) in [6.07, 6.45) is -0.474. The fourth-order valence-corrected chi connectivity index (χ4v) is 1.97. The summed E-state index contributed by atoms with van der Waals surface area (Å²) in [4.78, 5) is 23.3. The Morgan fingerprint density at radius 2 is 1.64 bits per heavy atom. The number of halogens is 1. The van der Waals surface area contributed by atoms with Crippen LogP contribution in [0.2, 0.25) is 5.02 Å². The van der Waals surface area contributed by atoms with Crippen LogP contribution in [0.5, 0.6) is 5.75 Å². The molecule has 2 rings (SSSR count). The third kappa shape index (κ3) is 4.60. The number of carbonyl (C=O) groups excluding carboxylic acids is 2. The van der Waals surface area contributed by atoms with Crippen LogP contribution in [0.15, 0.2) is 48.5 Å². The molecule has 0 atom stereocenters. The fraction of sp³-hybridized carbons (Fsp3) is 0.176. The van der Waals surface area contributed by atoms with Crippen molar-refractivity contribution in [3.63, 3.8) is 0 Å². The number of hydrogen-bond acceptors (Lipinski definition) is 4. The van der Waals surface area contributed by atoms with E-state index in [1.807, 2.05) is 12.1 Å². The van der Waals surface area contributed by atoms with E-state index in [1.165, 1.54) is 0 Å². The van der Waals surface area contributed by atoms with Gasteiger partial charge in [0.25, 0.3) is 0 Å². The average molecular weight is 319 g/mol. The highest BCUT2D eigenvalue weighted by atomic mass is 35.5. The summed E-state index contributed by atoms with van der Waals surface area (Å²) in [6.45, 7) is 1.94. The molecule has 0 amide bonds. The Morgan fingerprint density at radius 3 is 2.23 bits per heavy atom.